The van der Waals surface area contributed by atoms with Crippen molar-refractivity contribution in [1.82, 2.24) is 19.7 Å². The Hall–Kier alpha value is -1.73. The Bertz CT molecular complexity index is 592. The fourth-order valence-corrected chi connectivity index (χ4v) is 2.88. The van der Waals surface area contributed by atoms with Crippen LogP contribution in [0.25, 0.3) is 10.6 Å². The van der Waals surface area contributed by atoms with E-state index in [1.54, 1.807) is 22.2 Å². The molecule has 0 unspecified atom stereocenters. The van der Waals surface area contributed by atoms with Crippen LogP contribution in [0.5, 0.6) is 0 Å². The average Bonchev–Trinajstić information content (AvgIpc) is 3.04. The average molecular weight is 307 g/mol. The van der Waals surface area contributed by atoms with Gasteiger partial charge in [0.05, 0.1) is 18.4 Å². The number of hydrogen-bond donors (Lipinski definition) is 1. The van der Waals surface area contributed by atoms with Crippen LogP contribution in [0.3, 0.4) is 0 Å². The van der Waals surface area contributed by atoms with Crippen molar-refractivity contribution in [2.45, 2.75) is 26.3 Å². The van der Waals surface area contributed by atoms with E-state index in [1.807, 2.05) is 23.5 Å². The van der Waals surface area contributed by atoms with Crippen LogP contribution in [-0.4, -0.2) is 38.7 Å². The Labute approximate surface area is 128 Å². The van der Waals surface area contributed by atoms with Crippen LogP contribution >= 0.6 is 11.3 Å². The second-order valence-electron chi connectivity index (χ2n) is 5.08. The molecule has 0 aliphatic carbocycles. The molecule has 6 nitrogen and oxygen atoms in total. The predicted molar refractivity (Wildman–Crippen MR) is 83.7 cm³/mol. The molecule has 21 heavy (non-hydrogen) atoms. The molecule has 0 aliphatic rings. The number of aryl methyl sites for hydroxylation is 1. The van der Waals surface area contributed by atoms with Crippen LogP contribution in [0.2, 0.25) is 0 Å². The van der Waals surface area contributed by atoms with Crippen molar-refractivity contribution < 1.29 is 4.79 Å². The lowest BCUT2D eigenvalue weighted by Crippen LogP contribution is -2.34. The highest BCUT2D eigenvalue weighted by atomic mass is 32.1. The zero-order valence-corrected chi connectivity index (χ0v) is 13.3. The Balaban J connectivity index is 2.03. The zero-order chi connectivity index (χ0) is 15.2. The third kappa shape index (κ3) is 4.64. The maximum atomic E-state index is 11.1. The van der Waals surface area contributed by atoms with Crippen LogP contribution in [0.4, 0.5) is 0 Å². The summed E-state index contributed by atoms with van der Waals surface area (Å²) in [6.45, 7) is 3.92. The number of carbonyl (C=O) groups is 1. The highest BCUT2D eigenvalue weighted by molar-refractivity contribution is 7.13. The third-order valence-corrected chi connectivity index (χ3v) is 4.04. The van der Waals surface area contributed by atoms with E-state index < -0.39 is 0 Å². The molecule has 0 saturated heterocycles. The van der Waals surface area contributed by atoms with Crippen molar-refractivity contribution in [2.24, 2.45) is 12.8 Å². The van der Waals surface area contributed by atoms with Crippen LogP contribution in [-0.2, 0) is 18.4 Å². The number of amides is 1. The van der Waals surface area contributed by atoms with Gasteiger partial charge in [0.2, 0.25) is 5.91 Å². The minimum absolute atomic E-state index is 0.278. The van der Waals surface area contributed by atoms with Crippen LogP contribution < -0.4 is 5.73 Å². The molecule has 0 aromatic carbocycles. The Morgan fingerprint density at radius 1 is 1.52 bits per heavy atom. The van der Waals surface area contributed by atoms with Crippen molar-refractivity contribution in [3.05, 3.63) is 23.5 Å². The molecule has 0 aliphatic heterocycles. The quantitative estimate of drug-likeness (QED) is 0.804. The molecule has 0 bridgehead atoms. The van der Waals surface area contributed by atoms with Gasteiger partial charge in [0, 0.05) is 30.7 Å². The third-order valence-electron chi connectivity index (χ3n) is 3.10. The van der Waals surface area contributed by atoms with E-state index in [0.29, 0.717) is 6.54 Å². The molecule has 0 spiro atoms. The van der Waals surface area contributed by atoms with Crippen molar-refractivity contribution in [3.63, 3.8) is 0 Å². The van der Waals surface area contributed by atoms with Gasteiger partial charge in [-0.3, -0.25) is 14.4 Å². The fourth-order valence-electron chi connectivity index (χ4n) is 2.09. The highest BCUT2D eigenvalue weighted by Crippen LogP contribution is 2.23. The van der Waals surface area contributed by atoms with E-state index in [2.05, 4.69) is 17.0 Å². The molecule has 2 aromatic rings. The standard InChI is InChI=1S/C14H21N5OS/c1-3-4-5-19(9-13(15)20)8-12-10-21-14(17-12)11-6-16-18(2)7-11/h6-7,10H,3-5,8-9H2,1-2H3,(H2,15,20). The van der Waals surface area contributed by atoms with Crippen molar-refractivity contribution >= 4 is 17.2 Å². The van der Waals surface area contributed by atoms with E-state index in [1.165, 1.54) is 0 Å². The summed E-state index contributed by atoms with van der Waals surface area (Å²) >= 11 is 1.59. The summed E-state index contributed by atoms with van der Waals surface area (Å²) in [6, 6.07) is 0. The SMILES string of the molecule is CCCCN(CC(N)=O)Cc1csc(-c2cnn(C)c2)n1. The minimum Gasteiger partial charge on any atom is -0.369 e. The fraction of sp³-hybridized carbons (Fsp3) is 0.500. The largest absolute Gasteiger partial charge is 0.369 e. The first-order valence-electron chi connectivity index (χ1n) is 7.02. The molecule has 2 heterocycles. The van der Waals surface area contributed by atoms with Gasteiger partial charge in [0.1, 0.15) is 5.01 Å². The van der Waals surface area contributed by atoms with Crippen molar-refractivity contribution in [2.75, 3.05) is 13.1 Å². The summed E-state index contributed by atoms with van der Waals surface area (Å²) in [4.78, 5) is 17.8. The number of nitrogens with zero attached hydrogens (tertiary/aromatic N) is 4. The molecular formula is C14H21N5OS. The monoisotopic (exact) mass is 307 g/mol. The van der Waals surface area contributed by atoms with Gasteiger partial charge in [-0.1, -0.05) is 13.3 Å². The van der Waals surface area contributed by atoms with Gasteiger partial charge < -0.3 is 5.73 Å². The maximum absolute atomic E-state index is 11.1. The van der Waals surface area contributed by atoms with Crippen LogP contribution in [0, 0.1) is 0 Å². The van der Waals surface area contributed by atoms with E-state index >= 15 is 0 Å². The number of aromatic nitrogens is 3. The first-order valence-corrected chi connectivity index (χ1v) is 7.90. The van der Waals surface area contributed by atoms with Gasteiger partial charge in [-0.05, 0) is 13.0 Å². The minimum atomic E-state index is -0.297. The van der Waals surface area contributed by atoms with E-state index in [9.17, 15) is 4.79 Å². The highest BCUT2D eigenvalue weighted by Gasteiger charge is 2.12. The summed E-state index contributed by atoms with van der Waals surface area (Å²) in [5, 5.41) is 7.14. The number of hydrogen-bond acceptors (Lipinski definition) is 5. The summed E-state index contributed by atoms with van der Waals surface area (Å²) < 4.78 is 1.76. The number of rotatable bonds is 8. The summed E-state index contributed by atoms with van der Waals surface area (Å²) in [5.74, 6) is -0.297. The topological polar surface area (TPSA) is 77.0 Å². The molecule has 1 amide bonds. The van der Waals surface area contributed by atoms with E-state index in [4.69, 9.17) is 5.73 Å². The van der Waals surface area contributed by atoms with Crippen molar-refractivity contribution in [3.8, 4) is 10.6 Å². The predicted octanol–water partition coefficient (Wildman–Crippen LogP) is 1.63. The number of nitrogens with two attached hydrogens (primary N) is 1. The molecule has 0 atom stereocenters. The molecule has 0 saturated carbocycles. The smallest absolute Gasteiger partial charge is 0.231 e. The van der Waals surface area contributed by atoms with Gasteiger partial charge in [0.25, 0.3) is 0 Å². The van der Waals surface area contributed by atoms with Crippen LogP contribution in [0.1, 0.15) is 25.5 Å². The summed E-state index contributed by atoms with van der Waals surface area (Å²) in [5.41, 5.74) is 7.29. The molecule has 0 radical (unpaired) electrons. The molecule has 2 N–H and O–H groups in total. The van der Waals surface area contributed by atoms with Crippen LogP contribution in [0.15, 0.2) is 17.8 Å². The lowest BCUT2D eigenvalue weighted by molar-refractivity contribution is -0.119. The number of unbranched alkanes of at least 4 members (excludes halogenated alkanes) is 1. The second-order valence-corrected chi connectivity index (χ2v) is 5.94. The Morgan fingerprint density at radius 2 is 2.33 bits per heavy atom. The van der Waals surface area contributed by atoms with Gasteiger partial charge >= 0.3 is 0 Å². The summed E-state index contributed by atoms with van der Waals surface area (Å²) in [7, 11) is 1.89. The number of thiazole rings is 1. The van der Waals surface area contributed by atoms with Crippen molar-refractivity contribution in [1.29, 1.82) is 0 Å². The molecule has 0 fully saturated rings. The lowest BCUT2D eigenvalue weighted by atomic mass is 10.3. The van der Waals surface area contributed by atoms with Gasteiger partial charge in [-0.15, -0.1) is 11.3 Å². The first-order chi connectivity index (χ1) is 10.1. The summed E-state index contributed by atoms with van der Waals surface area (Å²) in [6.07, 6.45) is 5.89. The Kier molecular flexibility index (Phi) is 5.46. The number of primary amides is 1. The molecular weight excluding hydrogens is 286 g/mol. The molecule has 7 heteroatoms. The zero-order valence-electron chi connectivity index (χ0n) is 12.5. The van der Waals surface area contributed by atoms with Gasteiger partial charge in [-0.25, -0.2) is 4.98 Å². The maximum Gasteiger partial charge on any atom is 0.231 e. The normalized spacial score (nSPS) is 11.2. The molecule has 2 aromatic heterocycles. The number of carbonyl (C=O) groups excluding carboxylic acids is 1. The molecule has 2 rings (SSSR count). The second kappa shape index (κ2) is 7.33. The van der Waals surface area contributed by atoms with Gasteiger partial charge in [-0.2, -0.15) is 5.10 Å². The Morgan fingerprint density at radius 3 is 2.95 bits per heavy atom. The van der Waals surface area contributed by atoms with Gasteiger partial charge in [0.15, 0.2) is 0 Å². The lowest BCUT2D eigenvalue weighted by Gasteiger charge is -2.19. The van der Waals surface area contributed by atoms with E-state index in [0.717, 1.165) is 35.7 Å². The molecule has 114 valence electrons. The van der Waals surface area contributed by atoms with E-state index in [-0.39, 0.29) is 12.5 Å². The first kappa shape index (κ1) is 15.7.